The number of hydrogen-bond acceptors (Lipinski definition) is 7. The molecule has 0 saturated carbocycles. The van der Waals surface area contributed by atoms with E-state index in [9.17, 15) is 22.8 Å². The summed E-state index contributed by atoms with van der Waals surface area (Å²) in [4.78, 5) is 37.4. The smallest absolute Gasteiger partial charge is 0.416 e. The SMILES string of the molecule is CCC(=O)Nc1cc(OC2=C(C)CC(C)C(C(=O)Nc3ccc(CN4CCN(CC)CC4)c(C(F)(F)F)c3)=C2)ncn1.[HH].[HH]. The van der Waals surface area contributed by atoms with Crippen LogP contribution in [0, 0.1) is 5.92 Å². The van der Waals surface area contributed by atoms with Crippen molar-refractivity contribution in [1.29, 1.82) is 0 Å². The maximum Gasteiger partial charge on any atom is 0.416 e. The molecule has 42 heavy (non-hydrogen) atoms. The fraction of sp³-hybridized carbons (Fsp3) is 0.467. The number of anilines is 2. The summed E-state index contributed by atoms with van der Waals surface area (Å²) in [7, 11) is 0. The Hall–Kier alpha value is -3.77. The molecule has 0 bridgehead atoms. The second-order valence-corrected chi connectivity index (χ2v) is 10.6. The highest BCUT2D eigenvalue weighted by Gasteiger charge is 2.34. The van der Waals surface area contributed by atoms with Gasteiger partial charge in [-0.1, -0.05) is 26.8 Å². The molecular formula is C30H41F3N6O3. The third-order valence-electron chi connectivity index (χ3n) is 7.54. The van der Waals surface area contributed by atoms with E-state index >= 15 is 0 Å². The lowest BCUT2D eigenvalue weighted by Crippen LogP contribution is -2.45. The number of hydrogen-bond donors (Lipinski definition) is 2. The quantitative estimate of drug-likeness (QED) is 0.385. The number of benzene rings is 1. The molecule has 1 aromatic heterocycles. The second-order valence-electron chi connectivity index (χ2n) is 10.6. The fourth-order valence-electron chi connectivity index (χ4n) is 5.05. The standard InChI is InChI=1S/C30H37F3N6O3.2H2/c1-5-27(40)37-26-16-28(35-18-34-26)42-25-15-23(19(3)13-20(25)4)29(41)36-22-8-7-21(24(14-22)30(31,32)33)17-39-11-9-38(6-2)10-12-39;;/h7-8,14-16,18-19H,5-6,9-13,17H2,1-4H3,(H,36,41)(H,34,35,37,40);2*1H. The summed E-state index contributed by atoms with van der Waals surface area (Å²) in [6, 6.07) is 5.45. The first-order valence-electron chi connectivity index (χ1n) is 14.1. The van der Waals surface area contributed by atoms with E-state index in [4.69, 9.17) is 4.74 Å². The number of nitrogens with zero attached hydrogens (tertiary/aromatic N) is 4. The molecule has 0 spiro atoms. The Morgan fingerprint density at radius 3 is 2.45 bits per heavy atom. The number of alkyl halides is 3. The van der Waals surface area contributed by atoms with Crippen LogP contribution in [-0.4, -0.2) is 64.3 Å². The monoisotopic (exact) mass is 590 g/mol. The zero-order valence-electron chi connectivity index (χ0n) is 24.3. The first-order chi connectivity index (χ1) is 20.0. The molecule has 1 aliphatic carbocycles. The van der Waals surface area contributed by atoms with Gasteiger partial charge >= 0.3 is 6.18 Å². The lowest BCUT2D eigenvalue weighted by molar-refractivity contribution is -0.138. The summed E-state index contributed by atoms with van der Waals surface area (Å²) in [6.45, 7) is 11.7. The molecule has 9 nitrogen and oxygen atoms in total. The molecule has 1 aliphatic heterocycles. The number of carbonyl (C=O) groups is 2. The summed E-state index contributed by atoms with van der Waals surface area (Å²) < 4.78 is 48.1. The average molecular weight is 591 g/mol. The Balaban J connectivity index is 0.00000337. The maximum atomic E-state index is 14.1. The molecule has 2 heterocycles. The second kappa shape index (κ2) is 13.5. The van der Waals surface area contributed by atoms with Gasteiger partial charge in [-0.15, -0.1) is 0 Å². The molecular weight excluding hydrogens is 549 g/mol. The van der Waals surface area contributed by atoms with Crippen molar-refractivity contribution in [3.8, 4) is 5.88 Å². The van der Waals surface area contributed by atoms with Gasteiger partial charge in [0, 0.05) is 59.3 Å². The van der Waals surface area contributed by atoms with Crippen molar-refractivity contribution in [3.63, 3.8) is 0 Å². The number of nitrogens with one attached hydrogen (secondary N) is 2. The van der Waals surface area contributed by atoms with Crippen molar-refractivity contribution in [2.75, 3.05) is 43.4 Å². The van der Waals surface area contributed by atoms with Crippen molar-refractivity contribution < 1.29 is 30.4 Å². The predicted octanol–water partition coefficient (Wildman–Crippen LogP) is 5.73. The van der Waals surface area contributed by atoms with Crippen molar-refractivity contribution in [2.24, 2.45) is 5.92 Å². The summed E-state index contributed by atoms with van der Waals surface area (Å²) >= 11 is 0. The first kappa shape index (κ1) is 31.2. The molecule has 4 rings (SSSR count). The summed E-state index contributed by atoms with van der Waals surface area (Å²) in [5.41, 5.74) is 0.749. The largest absolute Gasteiger partial charge is 0.439 e. The Morgan fingerprint density at radius 1 is 1.07 bits per heavy atom. The number of amides is 2. The summed E-state index contributed by atoms with van der Waals surface area (Å²) in [5, 5.41) is 5.29. The predicted molar refractivity (Wildman–Crippen MR) is 158 cm³/mol. The van der Waals surface area contributed by atoms with E-state index in [1.165, 1.54) is 24.5 Å². The topological polar surface area (TPSA) is 99.7 Å². The zero-order valence-corrected chi connectivity index (χ0v) is 24.3. The Bertz CT molecular complexity index is 1380. The number of carbonyl (C=O) groups excluding carboxylic acids is 2. The molecule has 0 radical (unpaired) electrons. The third kappa shape index (κ3) is 7.95. The Morgan fingerprint density at radius 2 is 1.79 bits per heavy atom. The van der Waals surface area contributed by atoms with Crippen LogP contribution in [0.15, 0.2) is 53.6 Å². The van der Waals surface area contributed by atoms with Crippen LogP contribution in [0.2, 0.25) is 0 Å². The number of allylic oxidation sites excluding steroid dienone is 2. The van der Waals surface area contributed by atoms with Crippen LogP contribution in [0.5, 0.6) is 5.88 Å². The van der Waals surface area contributed by atoms with Gasteiger partial charge in [-0.05, 0) is 55.2 Å². The van der Waals surface area contributed by atoms with Gasteiger partial charge in [0.1, 0.15) is 17.9 Å². The molecule has 2 aliphatic rings. The lowest BCUT2D eigenvalue weighted by atomic mass is 9.87. The molecule has 1 aromatic carbocycles. The average Bonchev–Trinajstić information content (AvgIpc) is 2.95. The van der Waals surface area contributed by atoms with Gasteiger partial charge in [-0.25, -0.2) is 9.97 Å². The fourth-order valence-corrected chi connectivity index (χ4v) is 5.05. The van der Waals surface area contributed by atoms with Gasteiger partial charge in [-0.3, -0.25) is 14.5 Å². The Kier molecular flexibility index (Phi) is 10.00. The summed E-state index contributed by atoms with van der Waals surface area (Å²) in [5.74, 6) is -0.0473. The molecule has 1 unspecified atom stereocenters. The van der Waals surface area contributed by atoms with E-state index in [1.807, 2.05) is 18.7 Å². The van der Waals surface area contributed by atoms with E-state index in [0.717, 1.165) is 31.3 Å². The molecule has 230 valence electrons. The molecule has 1 fully saturated rings. The van der Waals surface area contributed by atoms with Crippen LogP contribution in [0.3, 0.4) is 0 Å². The first-order valence-corrected chi connectivity index (χ1v) is 14.1. The van der Waals surface area contributed by atoms with E-state index in [2.05, 4.69) is 32.4 Å². The van der Waals surface area contributed by atoms with E-state index in [1.54, 1.807) is 13.0 Å². The van der Waals surface area contributed by atoms with Crippen LogP contribution in [-0.2, 0) is 22.3 Å². The molecule has 2 aromatic rings. The van der Waals surface area contributed by atoms with Gasteiger partial charge in [0.05, 0.1) is 5.56 Å². The van der Waals surface area contributed by atoms with Crippen LogP contribution < -0.4 is 15.4 Å². The number of rotatable bonds is 9. The molecule has 12 heteroatoms. The van der Waals surface area contributed by atoms with Crippen molar-refractivity contribution in [2.45, 2.75) is 53.3 Å². The van der Waals surface area contributed by atoms with Crippen LogP contribution >= 0.6 is 0 Å². The van der Waals surface area contributed by atoms with Crippen LogP contribution in [0.25, 0.3) is 0 Å². The molecule has 2 amide bonds. The zero-order chi connectivity index (χ0) is 30.4. The number of likely N-dealkylation sites (N-methyl/N-ethyl adjacent to an activating group) is 1. The normalized spacial score (nSPS) is 18.5. The van der Waals surface area contributed by atoms with Crippen LogP contribution in [0.4, 0.5) is 24.7 Å². The number of piperazine rings is 1. The van der Waals surface area contributed by atoms with Crippen molar-refractivity contribution >= 4 is 23.3 Å². The highest BCUT2D eigenvalue weighted by molar-refractivity contribution is 6.04. The van der Waals surface area contributed by atoms with Gasteiger partial charge in [0.25, 0.3) is 5.91 Å². The van der Waals surface area contributed by atoms with Gasteiger partial charge in [0.15, 0.2) is 0 Å². The van der Waals surface area contributed by atoms with E-state index in [0.29, 0.717) is 30.8 Å². The highest BCUT2D eigenvalue weighted by Crippen LogP contribution is 2.36. The number of aromatic nitrogens is 2. The molecule has 2 N–H and O–H groups in total. The minimum absolute atomic E-state index is 0. The Labute approximate surface area is 246 Å². The minimum atomic E-state index is -4.56. The molecule has 1 atom stereocenters. The van der Waals surface area contributed by atoms with Crippen LogP contribution in [0.1, 0.15) is 54.5 Å². The highest BCUT2D eigenvalue weighted by atomic mass is 19.4. The number of ether oxygens (including phenoxy) is 1. The van der Waals surface area contributed by atoms with Crippen molar-refractivity contribution in [1.82, 2.24) is 19.8 Å². The van der Waals surface area contributed by atoms with E-state index in [-0.39, 0.29) is 50.6 Å². The maximum absolute atomic E-state index is 14.1. The minimum Gasteiger partial charge on any atom is -0.439 e. The lowest BCUT2D eigenvalue weighted by Gasteiger charge is -2.34. The number of halogens is 3. The van der Waals surface area contributed by atoms with E-state index < -0.39 is 17.6 Å². The summed E-state index contributed by atoms with van der Waals surface area (Å²) in [6.07, 6.45) is -0.927. The van der Waals surface area contributed by atoms with Crippen molar-refractivity contribution in [3.05, 3.63) is 64.7 Å². The third-order valence-corrected chi connectivity index (χ3v) is 7.54. The molecule has 1 saturated heterocycles. The van der Waals surface area contributed by atoms with Gasteiger partial charge < -0.3 is 20.3 Å². The van der Waals surface area contributed by atoms with Gasteiger partial charge in [-0.2, -0.15) is 13.2 Å². The van der Waals surface area contributed by atoms with Gasteiger partial charge in [0.2, 0.25) is 11.8 Å².